The molecule has 0 amide bonds. The molecule has 1 heterocycles. The highest BCUT2D eigenvalue weighted by Crippen LogP contribution is 2.12. The van der Waals surface area contributed by atoms with Gasteiger partial charge < -0.3 is 15.4 Å². The lowest BCUT2D eigenvalue weighted by molar-refractivity contribution is 0.415. The zero-order valence-corrected chi connectivity index (χ0v) is 9.57. The summed E-state index contributed by atoms with van der Waals surface area (Å²) in [6, 6.07) is 8.52. The summed E-state index contributed by atoms with van der Waals surface area (Å²) in [7, 11) is 1.68. The van der Waals surface area contributed by atoms with E-state index in [0.29, 0.717) is 6.04 Å². The summed E-state index contributed by atoms with van der Waals surface area (Å²) < 4.78 is 5.12. The molecule has 0 spiro atoms. The van der Waals surface area contributed by atoms with Crippen LogP contribution in [0.4, 0.5) is 0 Å². The highest BCUT2D eigenvalue weighted by atomic mass is 16.5. The molecular weight excluding hydrogens is 200 g/mol. The van der Waals surface area contributed by atoms with Crippen molar-refractivity contribution in [3.8, 4) is 5.75 Å². The molecule has 0 aromatic heterocycles. The molecule has 0 radical (unpaired) electrons. The molecule has 0 saturated carbocycles. The Bertz CT molecular complexity index is 339. The zero-order valence-electron chi connectivity index (χ0n) is 9.57. The lowest BCUT2D eigenvalue weighted by Crippen LogP contribution is -2.47. The maximum atomic E-state index is 5.12. The number of hydrogen-bond acceptors (Lipinski definition) is 3. The second-order valence-corrected chi connectivity index (χ2v) is 3.90. The average molecular weight is 218 g/mol. The molecule has 86 valence electrons. The van der Waals surface area contributed by atoms with Crippen LogP contribution in [0.15, 0.2) is 30.3 Å². The summed E-state index contributed by atoms with van der Waals surface area (Å²) in [6.45, 7) is 3.11. The zero-order chi connectivity index (χ0) is 11.2. The van der Waals surface area contributed by atoms with E-state index in [4.69, 9.17) is 4.74 Å². The monoisotopic (exact) mass is 218 g/mol. The van der Waals surface area contributed by atoms with Crippen LogP contribution in [0.1, 0.15) is 5.56 Å². The van der Waals surface area contributed by atoms with Crippen molar-refractivity contribution in [3.63, 3.8) is 0 Å². The number of methoxy groups -OCH3 is 1. The van der Waals surface area contributed by atoms with E-state index in [-0.39, 0.29) is 0 Å². The average Bonchev–Trinajstić information content (AvgIpc) is 2.38. The van der Waals surface area contributed by atoms with Gasteiger partial charge in [-0.15, -0.1) is 0 Å². The van der Waals surface area contributed by atoms with Gasteiger partial charge in [0.1, 0.15) is 5.75 Å². The molecule has 1 atom stereocenters. The smallest absolute Gasteiger partial charge is 0.118 e. The van der Waals surface area contributed by atoms with Gasteiger partial charge in [-0.1, -0.05) is 24.3 Å². The van der Waals surface area contributed by atoms with Crippen molar-refractivity contribution < 1.29 is 4.74 Å². The number of benzene rings is 1. The standard InChI is InChI=1S/C13H18N2O/c1-16-13-6-3-11(4-7-13)2-5-12-10-14-8-9-15-12/h2-7,12,14-15H,8-10H2,1H3. The first kappa shape index (κ1) is 11.2. The Morgan fingerprint density at radius 1 is 1.25 bits per heavy atom. The topological polar surface area (TPSA) is 33.3 Å². The van der Waals surface area contributed by atoms with Gasteiger partial charge in [0.15, 0.2) is 0 Å². The van der Waals surface area contributed by atoms with Gasteiger partial charge in [-0.25, -0.2) is 0 Å². The van der Waals surface area contributed by atoms with Crippen LogP contribution in [-0.4, -0.2) is 32.8 Å². The normalized spacial score (nSPS) is 21.2. The third kappa shape index (κ3) is 3.08. The fraction of sp³-hybridized carbons (Fsp3) is 0.385. The summed E-state index contributed by atoms with van der Waals surface area (Å²) in [4.78, 5) is 0. The van der Waals surface area contributed by atoms with Gasteiger partial charge in [-0.3, -0.25) is 0 Å². The number of piperazine rings is 1. The molecule has 1 fully saturated rings. The van der Waals surface area contributed by atoms with Gasteiger partial charge in [0.2, 0.25) is 0 Å². The fourth-order valence-corrected chi connectivity index (χ4v) is 1.75. The fourth-order valence-electron chi connectivity index (χ4n) is 1.75. The minimum Gasteiger partial charge on any atom is -0.497 e. The van der Waals surface area contributed by atoms with Crippen LogP contribution in [-0.2, 0) is 0 Å². The molecule has 2 N–H and O–H groups in total. The van der Waals surface area contributed by atoms with Gasteiger partial charge >= 0.3 is 0 Å². The van der Waals surface area contributed by atoms with E-state index >= 15 is 0 Å². The molecule has 3 heteroatoms. The quantitative estimate of drug-likeness (QED) is 0.801. The van der Waals surface area contributed by atoms with Crippen LogP contribution >= 0.6 is 0 Å². The summed E-state index contributed by atoms with van der Waals surface area (Å²) in [5, 5.41) is 6.79. The Kier molecular flexibility index (Phi) is 3.97. The predicted octanol–water partition coefficient (Wildman–Crippen LogP) is 1.27. The van der Waals surface area contributed by atoms with Crippen LogP contribution in [0.2, 0.25) is 0 Å². The third-order valence-corrected chi connectivity index (χ3v) is 2.71. The minimum absolute atomic E-state index is 0.441. The lowest BCUT2D eigenvalue weighted by Gasteiger charge is -2.21. The van der Waals surface area contributed by atoms with Gasteiger partial charge in [0.25, 0.3) is 0 Å². The van der Waals surface area contributed by atoms with E-state index in [1.165, 1.54) is 5.56 Å². The summed E-state index contributed by atoms with van der Waals surface area (Å²) >= 11 is 0. The van der Waals surface area contributed by atoms with Crippen molar-refractivity contribution in [1.29, 1.82) is 0 Å². The van der Waals surface area contributed by atoms with Crippen LogP contribution in [0.25, 0.3) is 6.08 Å². The Balaban J connectivity index is 1.94. The molecular formula is C13H18N2O. The molecule has 0 aliphatic carbocycles. The van der Waals surface area contributed by atoms with E-state index in [9.17, 15) is 0 Å². The highest BCUT2D eigenvalue weighted by Gasteiger charge is 2.07. The van der Waals surface area contributed by atoms with Crippen molar-refractivity contribution in [3.05, 3.63) is 35.9 Å². The lowest BCUT2D eigenvalue weighted by atomic mass is 10.1. The molecule has 1 aromatic rings. The molecule has 1 aliphatic rings. The maximum Gasteiger partial charge on any atom is 0.118 e. The Morgan fingerprint density at radius 2 is 2.06 bits per heavy atom. The summed E-state index contributed by atoms with van der Waals surface area (Å²) in [6.07, 6.45) is 4.35. The Labute approximate surface area is 96.5 Å². The van der Waals surface area contributed by atoms with E-state index < -0.39 is 0 Å². The predicted molar refractivity (Wildman–Crippen MR) is 66.7 cm³/mol. The van der Waals surface area contributed by atoms with Crippen LogP contribution < -0.4 is 15.4 Å². The van der Waals surface area contributed by atoms with Crippen molar-refractivity contribution in [2.24, 2.45) is 0 Å². The third-order valence-electron chi connectivity index (χ3n) is 2.71. The number of ether oxygens (including phenoxy) is 1. The summed E-state index contributed by atoms with van der Waals surface area (Å²) in [5.74, 6) is 0.898. The minimum atomic E-state index is 0.441. The van der Waals surface area contributed by atoms with E-state index in [2.05, 4.69) is 34.9 Å². The van der Waals surface area contributed by atoms with Gasteiger partial charge in [-0.05, 0) is 17.7 Å². The van der Waals surface area contributed by atoms with Gasteiger partial charge in [0.05, 0.1) is 7.11 Å². The first-order valence-corrected chi connectivity index (χ1v) is 5.65. The Morgan fingerprint density at radius 3 is 2.69 bits per heavy atom. The number of hydrogen-bond donors (Lipinski definition) is 2. The van der Waals surface area contributed by atoms with Crippen molar-refractivity contribution in [2.75, 3.05) is 26.7 Å². The van der Waals surface area contributed by atoms with Crippen LogP contribution in [0.5, 0.6) is 5.75 Å². The molecule has 0 bridgehead atoms. The van der Waals surface area contributed by atoms with Crippen molar-refractivity contribution in [1.82, 2.24) is 10.6 Å². The first-order chi connectivity index (χ1) is 7.88. The maximum absolute atomic E-state index is 5.12. The SMILES string of the molecule is COc1ccc(C=CC2CNCCN2)cc1. The molecule has 1 aliphatic heterocycles. The molecule has 2 rings (SSSR count). The van der Waals surface area contributed by atoms with E-state index in [1.807, 2.05) is 12.1 Å². The van der Waals surface area contributed by atoms with E-state index in [0.717, 1.165) is 25.4 Å². The second kappa shape index (κ2) is 5.68. The van der Waals surface area contributed by atoms with Crippen LogP contribution in [0.3, 0.4) is 0 Å². The first-order valence-electron chi connectivity index (χ1n) is 5.65. The van der Waals surface area contributed by atoms with E-state index in [1.54, 1.807) is 7.11 Å². The van der Waals surface area contributed by atoms with Gasteiger partial charge in [0, 0.05) is 25.7 Å². The summed E-state index contributed by atoms with van der Waals surface area (Å²) in [5.41, 5.74) is 1.20. The van der Waals surface area contributed by atoms with Crippen molar-refractivity contribution >= 4 is 6.08 Å². The molecule has 1 aromatic carbocycles. The molecule has 1 unspecified atom stereocenters. The molecule has 16 heavy (non-hydrogen) atoms. The van der Waals surface area contributed by atoms with Crippen molar-refractivity contribution in [2.45, 2.75) is 6.04 Å². The Hall–Kier alpha value is -1.32. The highest BCUT2D eigenvalue weighted by molar-refractivity contribution is 5.51. The second-order valence-electron chi connectivity index (χ2n) is 3.90. The number of nitrogens with one attached hydrogen (secondary N) is 2. The molecule has 1 saturated heterocycles. The van der Waals surface area contributed by atoms with Gasteiger partial charge in [-0.2, -0.15) is 0 Å². The van der Waals surface area contributed by atoms with Crippen LogP contribution in [0, 0.1) is 0 Å². The molecule has 3 nitrogen and oxygen atoms in total. The number of rotatable bonds is 3. The largest absolute Gasteiger partial charge is 0.497 e.